The van der Waals surface area contributed by atoms with Gasteiger partial charge in [-0.3, -0.25) is 0 Å². The number of carboxylic acid groups (broad SMARTS) is 1. The van der Waals surface area contributed by atoms with Gasteiger partial charge in [0, 0.05) is 24.6 Å². The number of aryl methyl sites for hydroxylation is 1. The van der Waals surface area contributed by atoms with Crippen molar-refractivity contribution >= 4 is 17.2 Å². The van der Waals surface area contributed by atoms with E-state index in [2.05, 4.69) is 23.6 Å². The number of hydrogen-bond acceptors (Lipinski definition) is 4. The van der Waals surface area contributed by atoms with Crippen LogP contribution in [0, 0.1) is 0 Å². The second kappa shape index (κ2) is 9.56. The first-order chi connectivity index (χ1) is 15.6. The first-order valence-electron chi connectivity index (χ1n) is 10.7. The van der Waals surface area contributed by atoms with Gasteiger partial charge in [0.05, 0.1) is 18.1 Å². The van der Waals surface area contributed by atoms with Crippen LogP contribution in [0.15, 0.2) is 66.7 Å². The van der Waals surface area contributed by atoms with Gasteiger partial charge >= 0.3 is 6.16 Å². The lowest BCUT2D eigenvalue weighted by atomic mass is 10.0. The zero-order valence-corrected chi connectivity index (χ0v) is 18.2. The molecule has 32 heavy (non-hydrogen) atoms. The first kappa shape index (κ1) is 21.4. The minimum absolute atomic E-state index is 0.322. The smallest absolute Gasteiger partial charge is 0.497 e. The Kier molecular flexibility index (Phi) is 6.40. The molecule has 0 saturated heterocycles. The van der Waals surface area contributed by atoms with E-state index in [9.17, 15) is 4.79 Å². The molecule has 0 radical (unpaired) electrons. The Morgan fingerprint density at radius 1 is 1.06 bits per heavy atom. The van der Waals surface area contributed by atoms with Crippen LogP contribution in [0.2, 0.25) is 0 Å². The van der Waals surface area contributed by atoms with Crippen molar-refractivity contribution in [2.45, 2.75) is 32.7 Å². The van der Waals surface area contributed by atoms with Crippen LogP contribution in [-0.4, -0.2) is 27.9 Å². The van der Waals surface area contributed by atoms with Crippen molar-refractivity contribution in [3.8, 4) is 22.6 Å². The van der Waals surface area contributed by atoms with Gasteiger partial charge in [-0.25, -0.2) is 9.78 Å². The van der Waals surface area contributed by atoms with Gasteiger partial charge in [-0.1, -0.05) is 55.8 Å². The molecule has 1 aromatic heterocycles. The molecule has 4 rings (SSSR count). The van der Waals surface area contributed by atoms with Crippen molar-refractivity contribution < 1.29 is 19.4 Å². The third kappa shape index (κ3) is 4.59. The Bertz CT molecular complexity index is 1230. The molecular formula is C26H26N2O4. The highest BCUT2D eigenvalue weighted by molar-refractivity contribution is 5.78. The Balaban J connectivity index is 1.66. The van der Waals surface area contributed by atoms with Crippen LogP contribution in [0.4, 0.5) is 4.79 Å². The molecule has 4 aromatic rings. The van der Waals surface area contributed by atoms with Gasteiger partial charge in [-0.05, 0) is 35.7 Å². The van der Waals surface area contributed by atoms with E-state index in [-0.39, 0.29) is 0 Å². The molecule has 0 aliphatic carbocycles. The third-order valence-electron chi connectivity index (χ3n) is 5.48. The molecule has 0 atom stereocenters. The molecule has 0 aliphatic rings. The number of fused-ring (bicyclic) bond motifs is 1. The third-order valence-corrected chi connectivity index (χ3v) is 5.48. The number of rotatable bonds is 8. The summed E-state index contributed by atoms with van der Waals surface area (Å²) in [5.74, 6) is 2.20. The summed E-state index contributed by atoms with van der Waals surface area (Å²) in [6.07, 6.45) is 1.79. The number of aromatic nitrogens is 2. The summed E-state index contributed by atoms with van der Waals surface area (Å²) in [6, 6.07) is 21.2. The summed E-state index contributed by atoms with van der Waals surface area (Å²) in [6.45, 7) is 2.87. The largest absolute Gasteiger partial charge is 0.511 e. The Morgan fingerprint density at radius 3 is 2.56 bits per heavy atom. The molecule has 0 spiro atoms. The van der Waals surface area contributed by atoms with Gasteiger partial charge in [-0.15, -0.1) is 0 Å². The number of nitrogens with zero attached hydrogens (tertiary/aromatic N) is 2. The Morgan fingerprint density at radius 2 is 1.84 bits per heavy atom. The minimum atomic E-state index is -1.32. The number of unbranched alkanes of at least 4 members (excludes halogenated alkanes) is 1. The fraction of sp³-hybridized carbons (Fsp3) is 0.231. The number of ether oxygens (including phenoxy) is 2. The summed E-state index contributed by atoms with van der Waals surface area (Å²) in [5.41, 5.74) is 4.79. The fourth-order valence-electron chi connectivity index (χ4n) is 3.84. The first-order valence-corrected chi connectivity index (χ1v) is 10.7. The molecule has 6 heteroatoms. The second-order valence-electron chi connectivity index (χ2n) is 7.63. The quantitative estimate of drug-likeness (QED) is 0.268. The highest BCUT2D eigenvalue weighted by Gasteiger charge is 2.13. The molecular weight excluding hydrogens is 404 g/mol. The van der Waals surface area contributed by atoms with Gasteiger partial charge in [0.15, 0.2) is 0 Å². The minimum Gasteiger partial charge on any atom is -0.497 e. The SMILES string of the molecule is CCCCc1nc2ccc(OC)cc2n1Cc1ccc(-c2ccccc2OC(=O)O)cc1. The van der Waals surface area contributed by atoms with Crippen molar-refractivity contribution in [1.82, 2.24) is 9.55 Å². The molecule has 0 saturated carbocycles. The molecule has 0 aliphatic heterocycles. The van der Waals surface area contributed by atoms with Crippen molar-refractivity contribution in [2.75, 3.05) is 7.11 Å². The van der Waals surface area contributed by atoms with Crippen molar-refractivity contribution in [1.29, 1.82) is 0 Å². The maximum absolute atomic E-state index is 11.0. The number of imidazole rings is 1. The predicted octanol–water partition coefficient (Wildman–Crippen LogP) is 6.16. The van der Waals surface area contributed by atoms with Crippen LogP contribution in [0.25, 0.3) is 22.2 Å². The van der Waals surface area contributed by atoms with Gasteiger partial charge < -0.3 is 19.1 Å². The van der Waals surface area contributed by atoms with Crippen molar-refractivity contribution in [3.63, 3.8) is 0 Å². The van der Waals surface area contributed by atoms with E-state index in [4.69, 9.17) is 19.6 Å². The van der Waals surface area contributed by atoms with Crippen molar-refractivity contribution in [3.05, 3.63) is 78.1 Å². The van der Waals surface area contributed by atoms with E-state index in [1.165, 1.54) is 0 Å². The zero-order chi connectivity index (χ0) is 22.5. The maximum Gasteiger partial charge on any atom is 0.511 e. The lowest BCUT2D eigenvalue weighted by Gasteiger charge is -2.12. The number of para-hydroxylation sites is 1. The topological polar surface area (TPSA) is 73.6 Å². The summed E-state index contributed by atoms with van der Waals surface area (Å²) in [5, 5.41) is 9.00. The number of hydrogen-bond donors (Lipinski definition) is 1. The number of carbonyl (C=O) groups is 1. The fourth-order valence-corrected chi connectivity index (χ4v) is 3.84. The van der Waals surface area contributed by atoms with E-state index in [0.29, 0.717) is 12.3 Å². The van der Waals surface area contributed by atoms with E-state index in [1.807, 2.05) is 42.5 Å². The normalized spacial score (nSPS) is 10.9. The van der Waals surface area contributed by atoms with E-state index >= 15 is 0 Å². The highest BCUT2D eigenvalue weighted by Crippen LogP contribution is 2.31. The van der Waals surface area contributed by atoms with Crippen LogP contribution in [0.1, 0.15) is 31.2 Å². The lowest BCUT2D eigenvalue weighted by Crippen LogP contribution is -2.06. The molecule has 0 fully saturated rings. The van der Waals surface area contributed by atoms with Crippen LogP contribution >= 0.6 is 0 Å². The molecule has 1 heterocycles. The van der Waals surface area contributed by atoms with Crippen LogP contribution in [0.3, 0.4) is 0 Å². The van der Waals surface area contributed by atoms with Crippen LogP contribution < -0.4 is 9.47 Å². The zero-order valence-electron chi connectivity index (χ0n) is 18.2. The molecule has 0 unspecified atom stereocenters. The van der Waals surface area contributed by atoms with Gasteiger partial charge in [0.25, 0.3) is 0 Å². The molecule has 6 nitrogen and oxygen atoms in total. The number of benzene rings is 3. The molecule has 0 bridgehead atoms. The molecule has 0 amide bonds. The van der Waals surface area contributed by atoms with E-state index < -0.39 is 6.16 Å². The van der Waals surface area contributed by atoms with E-state index in [0.717, 1.165) is 58.6 Å². The number of methoxy groups -OCH3 is 1. The lowest BCUT2D eigenvalue weighted by molar-refractivity contribution is 0.144. The van der Waals surface area contributed by atoms with Gasteiger partial charge in [0.1, 0.15) is 17.3 Å². The average Bonchev–Trinajstić information content (AvgIpc) is 3.14. The molecule has 3 aromatic carbocycles. The summed E-state index contributed by atoms with van der Waals surface area (Å²) < 4.78 is 12.6. The Labute approximate surface area is 187 Å². The van der Waals surface area contributed by atoms with E-state index in [1.54, 1.807) is 19.2 Å². The molecule has 164 valence electrons. The molecule has 1 N–H and O–H groups in total. The van der Waals surface area contributed by atoms with Crippen LogP contribution in [0.5, 0.6) is 11.5 Å². The van der Waals surface area contributed by atoms with Gasteiger partial charge in [0.2, 0.25) is 0 Å². The van der Waals surface area contributed by atoms with Crippen molar-refractivity contribution in [2.24, 2.45) is 0 Å². The predicted molar refractivity (Wildman–Crippen MR) is 125 cm³/mol. The monoisotopic (exact) mass is 430 g/mol. The summed E-state index contributed by atoms with van der Waals surface area (Å²) >= 11 is 0. The Hall–Kier alpha value is -3.80. The van der Waals surface area contributed by atoms with Gasteiger partial charge in [-0.2, -0.15) is 0 Å². The second-order valence-corrected chi connectivity index (χ2v) is 7.63. The highest BCUT2D eigenvalue weighted by atomic mass is 16.7. The summed E-state index contributed by atoms with van der Waals surface area (Å²) in [4.78, 5) is 15.9. The standard InChI is InChI=1S/C26H26N2O4/c1-3-4-9-25-27-22-15-14-20(31-2)16-23(22)28(25)17-18-10-12-19(13-11-18)21-7-5-6-8-24(21)32-26(29)30/h5-8,10-16H,3-4,9,17H2,1-2H3,(H,29,30). The summed E-state index contributed by atoms with van der Waals surface area (Å²) in [7, 11) is 1.67. The van der Waals surface area contributed by atoms with Crippen LogP contribution in [-0.2, 0) is 13.0 Å². The maximum atomic E-state index is 11.0. The average molecular weight is 431 g/mol.